The third-order valence-electron chi connectivity index (χ3n) is 1.43. The molecule has 0 fully saturated rings. The van der Waals surface area contributed by atoms with E-state index in [0.717, 1.165) is 0 Å². The van der Waals surface area contributed by atoms with Crippen molar-refractivity contribution in [3.8, 4) is 0 Å². The highest BCUT2D eigenvalue weighted by atomic mass is 32.2. The zero-order chi connectivity index (χ0) is 9.90. The molecule has 0 aliphatic carbocycles. The number of methoxy groups -OCH3 is 1. The monoisotopic (exact) mass is 205 g/mol. The van der Waals surface area contributed by atoms with E-state index in [9.17, 15) is 8.42 Å². The lowest BCUT2D eigenvalue weighted by Crippen LogP contribution is -2.14. The predicted octanol–water partition coefficient (Wildman–Crippen LogP) is -0.823. The lowest BCUT2D eigenvalue weighted by molar-refractivity contribution is 0.183. The minimum Gasteiger partial charge on any atom is -0.383 e. The average molecular weight is 205 g/mol. The second kappa shape index (κ2) is 3.86. The summed E-state index contributed by atoms with van der Waals surface area (Å²) in [6.07, 6.45) is 1.54. The average Bonchev–Trinajstić information content (AvgIpc) is 2.47. The van der Waals surface area contributed by atoms with Crippen LogP contribution in [0.1, 0.15) is 0 Å². The van der Waals surface area contributed by atoms with E-state index in [0.29, 0.717) is 13.2 Å². The molecule has 2 N–H and O–H groups in total. The van der Waals surface area contributed by atoms with Crippen molar-refractivity contribution in [3.05, 3.63) is 12.3 Å². The molecule has 1 aromatic rings. The van der Waals surface area contributed by atoms with E-state index in [4.69, 9.17) is 9.88 Å². The summed E-state index contributed by atoms with van der Waals surface area (Å²) in [7, 11) is -2.12. The van der Waals surface area contributed by atoms with Gasteiger partial charge in [0.15, 0.2) is 5.03 Å². The smallest absolute Gasteiger partial charge is 0.257 e. The summed E-state index contributed by atoms with van der Waals surface area (Å²) in [5.74, 6) is 0. The molecule has 0 saturated heterocycles. The summed E-state index contributed by atoms with van der Waals surface area (Å²) in [5.41, 5.74) is 0. The van der Waals surface area contributed by atoms with Gasteiger partial charge < -0.3 is 4.74 Å². The minimum absolute atomic E-state index is 0.122. The number of sulfonamides is 1. The molecule has 0 aliphatic rings. The highest BCUT2D eigenvalue weighted by molar-refractivity contribution is 7.89. The first-order chi connectivity index (χ1) is 6.04. The van der Waals surface area contributed by atoms with E-state index in [1.807, 2.05) is 0 Å². The number of aromatic nitrogens is 2. The number of nitrogens with zero attached hydrogens (tertiary/aromatic N) is 2. The normalized spacial score (nSPS) is 11.8. The van der Waals surface area contributed by atoms with Gasteiger partial charge in [-0.05, 0) is 6.07 Å². The van der Waals surface area contributed by atoms with Gasteiger partial charge in [-0.1, -0.05) is 0 Å². The Morgan fingerprint density at radius 2 is 2.38 bits per heavy atom. The van der Waals surface area contributed by atoms with Crippen LogP contribution in [0.3, 0.4) is 0 Å². The van der Waals surface area contributed by atoms with Gasteiger partial charge in [0.25, 0.3) is 10.0 Å². The molecule has 0 atom stereocenters. The molecule has 0 aliphatic heterocycles. The first-order valence-electron chi connectivity index (χ1n) is 3.59. The van der Waals surface area contributed by atoms with Gasteiger partial charge in [-0.25, -0.2) is 13.6 Å². The molecule has 0 unspecified atom stereocenters. The lowest BCUT2D eigenvalue weighted by Gasteiger charge is -1.98. The highest BCUT2D eigenvalue weighted by Gasteiger charge is 2.10. The van der Waals surface area contributed by atoms with Crippen LogP contribution in [0, 0.1) is 0 Å². The van der Waals surface area contributed by atoms with Gasteiger partial charge in [-0.15, -0.1) is 0 Å². The summed E-state index contributed by atoms with van der Waals surface area (Å²) in [5, 5.41) is 8.48. The third kappa shape index (κ3) is 2.79. The van der Waals surface area contributed by atoms with Crippen molar-refractivity contribution in [2.75, 3.05) is 13.7 Å². The topological polar surface area (TPSA) is 87.2 Å². The molecular formula is C6H11N3O3S. The Hall–Kier alpha value is -0.920. The summed E-state index contributed by atoms with van der Waals surface area (Å²) < 4.78 is 27.8. The van der Waals surface area contributed by atoms with Gasteiger partial charge in [-0.2, -0.15) is 5.10 Å². The van der Waals surface area contributed by atoms with Crippen LogP contribution in [0.15, 0.2) is 17.3 Å². The van der Waals surface area contributed by atoms with Gasteiger partial charge in [0.1, 0.15) is 0 Å². The van der Waals surface area contributed by atoms with Crippen molar-refractivity contribution in [1.29, 1.82) is 0 Å². The molecule has 7 heteroatoms. The fourth-order valence-corrected chi connectivity index (χ4v) is 1.27. The number of hydrogen-bond acceptors (Lipinski definition) is 4. The Labute approximate surface area is 76.3 Å². The summed E-state index contributed by atoms with van der Waals surface area (Å²) >= 11 is 0. The quantitative estimate of drug-likeness (QED) is 0.695. The van der Waals surface area contributed by atoms with Crippen LogP contribution in [0.2, 0.25) is 0 Å². The van der Waals surface area contributed by atoms with E-state index >= 15 is 0 Å². The molecule has 0 aromatic carbocycles. The van der Waals surface area contributed by atoms with Crippen molar-refractivity contribution < 1.29 is 13.2 Å². The van der Waals surface area contributed by atoms with Crippen molar-refractivity contribution >= 4 is 10.0 Å². The largest absolute Gasteiger partial charge is 0.383 e. The minimum atomic E-state index is -3.68. The number of ether oxygens (including phenoxy) is 1. The fraction of sp³-hybridized carbons (Fsp3) is 0.500. The molecular weight excluding hydrogens is 194 g/mol. The summed E-state index contributed by atoms with van der Waals surface area (Å²) in [4.78, 5) is 0. The number of primary sulfonamides is 1. The Morgan fingerprint density at radius 3 is 2.85 bits per heavy atom. The van der Waals surface area contributed by atoms with E-state index < -0.39 is 10.0 Å². The van der Waals surface area contributed by atoms with Crippen molar-refractivity contribution in [2.24, 2.45) is 5.14 Å². The van der Waals surface area contributed by atoms with Crippen LogP contribution < -0.4 is 5.14 Å². The number of nitrogens with two attached hydrogens (primary N) is 1. The fourth-order valence-electron chi connectivity index (χ4n) is 0.804. The molecule has 0 radical (unpaired) electrons. The lowest BCUT2D eigenvalue weighted by atomic mass is 10.7. The Bertz CT molecular complexity index is 370. The van der Waals surface area contributed by atoms with E-state index in [1.54, 1.807) is 13.3 Å². The van der Waals surface area contributed by atoms with Crippen LogP contribution >= 0.6 is 0 Å². The first-order valence-corrected chi connectivity index (χ1v) is 5.14. The Balaban J connectivity index is 2.76. The number of hydrogen-bond donors (Lipinski definition) is 1. The van der Waals surface area contributed by atoms with Crippen molar-refractivity contribution in [2.45, 2.75) is 11.6 Å². The van der Waals surface area contributed by atoms with E-state index in [2.05, 4.69) is 5.10 Å². The molecule has 0 bridgehead atoms. The van der Waals surface area contributed by atoms with Gasteiger partial charge in [-0.3, -0.25) is 4.68 Å². The molecule has 6 nitrogen and oxygen atoms in total. The van der Waals surface area contributed by atoms with E-state index in [1.165, 1.54) is 10.7 Å². The van der Waals surface area contributed by atoms with Gasteiger partial charge in [0.05, 0.1) is 13.2 Å². The highest BCUT2D eigenvalue weighted by Crippen LogP contribution is 2.01. The molecule has 0 amide bonds. The SMILES string of the molecule is COCCn1ccc(S(N)(=O)=O)n1. The van der Waals surface area contributed by atoms with Crippen molar-refractivity contribution in [1.82, 2.24) is 9.78 Å². The Morgan fingerprint density at radius 1 is 1.69 bits per heavy atom. The van der Waals surface area contributed by atoms with Crippen molar-refractivity contribution in [3.63, 3.8) is 0 Å². The summed E-state index contributed by atoms with van der Waals surface area (Å²) in [6.45, 7) is 0.984. The maximum absolute atomic E-state index is 10.8. The van der Waals surface area contributed by atoms with Gasteiger partial charge >= 0.3 is 0 Å². The zero-order valence-corrected chi connectivity index (χ0v) is 7.99. The maximum Gasteiger partial charge on any atom is 0.257 e. The summed E-state index contributed by atoms with van der Waals surface area (Å²) in [6, 6.07) is 1.35. The van der Waals surface area contributed by atoms with E-state index in [-0.39, 0.29) is 5.03 Å². The van der Waals surface area contributed by atoms with Crippen LogP contribution in [0.4, 0.5) is 0 Å². The predicted molar refractivity (Wildman–Crippen MR) is 45.5 cm³/mol. The van der Waals surface area contributed by atoms with Crippen LogP contribution in [-0.2, 0) is 21.3 Å². The Kier molecular flexibility index (Phi) is 3.02. The number of rotatable bonds is 4. The first kappa shape index (κ1) is 10.2. The molecule has 13 heavy (non-hydrogen) atoms. The van der Waals surface area contributed by atoms with Gasteiger partial charge in [0, 0.05) is 13.3 Å². The standard InChI is InChI=1S/C6H11N3O3S/c1-12-5-4-9-3-2-6(8-9)13(7,10)11/h2-3H,4-5H2,1H3,(H2,7,10,11). The van der Waals surface area contributed by atoms with Crippen LogP contribution in [-0.4, -0.2) is 31.9 Å². The van der Waals surface area contributed by atoms with Crippen LogP contribution in [0.25, 0.3) is 0 Å². The van der Waals surface area contributed by atoms with Gasteiger partial charge in [0.2, 0.25) is 0 Å². The molecule has 0 saturated carbocycles. The second-order valence-electron chi connectivity index (χ2n) is 2.45. The third-order valence-corrected chi connectivity index (χ3v) is 2.23. The molecule has 1 rings (SSSR count). The maximum atomic E-state index is 10.8. The van der Waals surface area contributed by atoms with Crippen LogP contribution in [0.5, 0.6) is 0 Å². The molecule has 1 aromatic heterocycles. The second-order valence-corrected chi connectivity index (χ2v) is 3.96. The zero-order valence-electron chi connectivity index (χ0n) is 7.17. The molecule has 0 spiro atoms. The molecule has 74 valence electrons. The molecule has 1 heterocycles.